The Bertz CT molecular complexity index is 957. The lowest BCUT2D eigenvalue weighted by Gasteiger charge is -2.37. The summed E-state index contributed by atoms with van der Waals surface area (Å²) in [5.41, 5.74) is -0.204. The predicted molar refractivity (Wildman–Crippen MR) is 123 cm³/mol. The summed E-state index contributed by atoms with van der Waals surface area (Å²) in [5, 5.41) is 0. The number of hydrogen-bond acceptors (Lipinski definition) is 1. The maximum Gasteiger partial charge on any atom is 0.201 e. The third-order valence-corrected chi connectivity index (χ3v) is 7.85. The summed E-state index contributed by atoms with van der Waals surface area (Å²) in [4.78, 5) is 0. The topological polar surface area (TPSA) is 9.23 Å². The number of ether oxygens (including phenoxy) is 1. The van der Waals surface area contributed by atoms with Gasteiger partial charge in [0.15, 0.2) is 23.2 Å². The molecule has 33 heavy (non-hydrogen) atoms. The molecule has 0 amide bonds. The first kappa shape index (κ1) is 24.1. The highest BCUT2D eigenvalue weighted by atomic mass is 19.2. The summed E-state index contributed by atoms with van der Waals surface area (Å²) >= 11 is 0. The first-order valence-corrected chi connectivity index (χ1v) is 12.5. The van der Waals surface area contributed by atoms with Crippen LogP contribution in [0.1, 0.15) is 83.1 Å². The fourth-order valence-electron chi connectivity index (χ4n) is 5.81. The van der Waals surface area contributed by atoms with Crippen LogP contribution in [0.25, 0.3) is 11.1 Å². The Balaban J connectivity index is 1.49. The van der Waals surface area contributed by atoms with Crippen LogP contribution in [0.5, 0.6) is 5.75 Å². The number of halogens is 4. The van der Waals surface area contributed by atoms with Crippen LogP contribution in [-0.4, -0.2) is 6.61 Å². The summed E-state index contributed by atoms with van der Waals surface area (Å²) in [6.07, 6.45) is 9.61. The van der Waals surface area contributed by atoms with Crippen molar-refractivity contribution in [2.24, 2.45) is 17.8 Å². The number of hydrogen-bond donors (Lipinski definition) is 0. The van der Waals surface area contributed by atoms with Crippen molar-refractivity contribution < 1.29 is 22.3 Å². The Hall–Kier alpha value is -2.04. The van der Waals surface area contributed by atoms with Gasteiger partial charge in [-0.2, -0.15) is 4.39 Å². The van der Waals surface area contributed by atoms with Crippen LogP contribution in [-0.2, 0) is 0 Å². The van der Waals surface area contributed by atoms with E-state index in [0.29, 0.717) is 17.9 Å². The summed E-state index contributed by atoms with van der Waals surface area (Å²) in [7, 11) is 0. The van der Waals surface area contributed by atoms with Crippen molar-refractivity contribution in [1.82, 2.24) is 0 Å². The molecule has 5 heteroatoms. The van der Waals surface area contributed by atoms with Gasteiger partial charge >= 0.3 is 0 Å². The van der Waals surface area contributed by atoms with E-state index in [1.165, 1.54) is 43.9 Å². The number of benzene rings is 2. The molecule has 0 bridgehead atoms. The van der Waals surface area contributed by atoms with Crippen LogP contribution in [0, 0.1) is 41.0 Å². The van der Waals surface area contributed by atoms with E-state index in [9.17, 15) is 8.78 Å². The van der Waals surface area contributed by atoms with Crippen LogP contribution in [0.4, 0.5) is 17.6 Å². The molecule has 0 atom stereocenters. The first-order valence-electron chi connectivity index (χ1n) is 12.5. The minimum absolute atomic E-state index is 0.0290. The lowest BCUT2D eigenvalue weighted by molar-refractivity contribution is 0.164. The Kier molecular flexibility index (Phi) is 7.65. The zero-order chi connectivity index (χ0) is 23.5. The summed E-state index contributed by atoms with van der Waals surface area (Å²) in [5.74, 6) is -2.42. The third-order valence-electron chi connectivity index (χ3n) is 7.85. The summed E-state index contributed by atoms with van der Waals surface area (Å²) in [6.45, 7) is 4.42. The minimum Gasteiger partial charge on any atom is -0.490 e. The molecule has 0 heterocycles. The maximum absolute atomic E-state index is 15.1. The van der Waals surface area contributed by atoms with Crippen LogP contribution in [0.15, 0.2) is 24.3 Å². The van der Waals surface area contributed by atoms with Crippen LogP contribution in [0.2, 0.25) is 0 Å². The van der Waals surface area contributed by atoms with E-state index in [2.05, 4.69) is 6.92 Å². The lowest BCUT2D eigenvalue weighted by Crippen LogP contribution is -2.25. The molecule has 2 fully saturated rings. The normalized spacial score (nSPS) is 25.8. The Morgan fingerprint density at radius 1 is 0.697 bits per heavy atom. The molecule has 0 N–H and O–H groups in total. The van der Waals surface area contributed by atoms with Gasteiger partial charge in [-0.05, 0) is 86.3 Å². The Morgan fingerprint density at radius 2 is 1.24 bits per heavy atom. The molecule has 2 aliphatic rings. The highest BCUT2D eigenvalue weighted by Crippen LogP contribution is 2.45. The highest BCUT2D eigenvalue weighted by Gasteiger charge is 2.32. The van der Waals surface area contributed by atoms with Gasteiger partial charge in [0.25, 0.3) is 0 Å². The van der Waals surface area contributed by atoms with Gasteiger partial charge in [0.1, 0.15) is 0 Å². The predicted octanol–water partition coefficient (Wildman–Crippen LogP) is 8.80. The zero-order valence-corrected chi connectivity index (χ0v) is 19.6. The SMILES string of the molecule is CCCOc1ccc(-c2ccc(C3CCC(C4CCC(C)CC4)CC3)c(F)c2F)c(F)c1F. The van der Waals surface area contributed by atoms with Crippen molar-refractivity contribution in [3.05, 3.63) is 53.1 Å². The Morgan fingerprint density at radius 3 is 1.85 bits per heavy atom. The second-order valence-electron chi connectivity index (χ2n) is 10.0. The maximum atomic E-state index is 15.1. The van der Waals surface area contributed by atoms with E-state index in [4.69, 9.17) is 4.74 Å². The average molecular weight is 463 g/mol. The third kappa shape index (κ3) is 5.07. The van der Waals surface area contributed by atoms with Crippen molar-refractivity contribution in [2.45, 2.75) is 77.6 Å². The Labute approximate surface area is 194 Å². The van der Waals surface area contributed by atoms with Gasteiger partial charge in [-0.25, -0.2) is 13.2 Å². The standard InChI is InChI=1S/C28H34F4O/c1-3-16-33-24-15-14-23(27(31)28(24)32)22-13-12-21(25(29)26(22)30)20-10-8-19(9-11-20)18-6-4-17(2)5-7-18/h12-15,17-20H,3-11,16H2,1-2H3. The second-order valence-corrected chi connectivity index (χ2v) is 10.0. The summed E-state index contributed by atoms with van der Waals surface area (Å²) < 4.78 is 64.3. The van der Waals surface area contributed by atoms with Gasteiger partial charge < -0.3 is 4.74 Å². The van der Waals surface area contributed by atoms with Crippen LogP contribution in [0.3, 0.4) is 0 Å². The van der Waals surface area contributed by atoms with Gasteiger partial charge in [0, 0.05) is 11.1 Å². The van der Waals surface area contributed by atoms with Crippen molar-refractivity contribution in [2.75, 3.05) is 6.61 Å². The van der Waals surface area contributed by atoms with E-state index in [0.717, 1.165) is 37.5 Å². The van der Waals surface area contributed by atoms with Crippen molar-refractivity contribution in [3.63, 3.8) is 0 Å². The first-order chi connectivity index (χ1) is 15.9. The molecule has 2 aromatic carbocycles. The van der Waals surface area contributed by atoms with Crippen LogP contribution < -0.4 is 4.74 Å². The van der Waals surface area contributed by atoms with E-state index in [-0.39, 0.29) is 29.4 Å². The van der Waals surface area contributed by atoms with E-state index >= 15 is 8.78 Å². The molecule has 0 aromatic heterocycles. The molecule has 0 radical (unpaired) electrons. The molecule has 4 rings (SSSR count). The molecule has 0 spiro atoms. The average Bonchev–Trinajstić information content (AvgIpc) is 2.83. The minimum atomic E-state index is -1.23. The molecule has 2 saturated carbocycles. The molecular weight excluding hydrogens is 428 g/mol. The fraction of sp³-hybridized carbons (Fsp3) is 0.571. The summed E-state index contributed by atoms with van der Waals surface area (Å²) in [6, 6.07) is 5.45. The van der Waals surface area contributed by atoms with Crippen LogP contribution >= 0.6 is 0 Å². The van der Waals surface area contributed by atoms with Gasteiger partial charge in [0.05, 0.1) is 6.61 Å². The quantitative estimate of drug-likeness (QED) is 0.390. The number of rotatable bonds is 6. The molecular formula is C28H34F4O. The van der Waals surface area contributed by atoms with E-state index in [1.807, 2.05) is 6.92 Å². The van der Waals surface area contributed by atoms with Crippen molar-refractivity contribution >= 4 is 0 Å². The highest BCUT2D eigenvalue weighted by molar-refractivity contribution is 5.66. The largest absolute Gasteiger partial charge is 0.490 e. The van der Waals surface area contributed by atoms with Crippen molar-refractivity contribution in [3.8, 4) is 16.9 Å². The molecule has 0 saturated heterocycles. The van der Waals surface area contributed by atoms with Gasteiger partial charge in [0.2, 0.25) is 5.82 Å². The van der Waals surface area contributed by atoms with Crippen molar-refractivity contribution in [1.29, 1.82) is 0 Å². The monoisotopic (exact) mass is 462 g/mol. The van der Waals surface area contributed by atoms with Gasteiger partial charge in [-0.15, -0.1) is 0 Å². The molecule has 0 aliphatic heterocycles. The van der Waals surface area contributed by atoms with Gasteiger partial charge in [-0.1, -0.05) is 38.8 Å². The molecule has 180 valence electrons. The molecule has 2 aromatic rings. The zero-order valence-electron chi connectivity index (χ0n) is 19.6. The van der Waals surface area contributed by atoms with E-state index in [1.54, 1.807) is 6.07 Å². The van der Waals surface area contributed by atoms with Gasteiger partial charge in [-0.3, -0.25) is 0 Å². The molecule has 2 aliphatic carbocycles. The molecule has 0 unspecified atom stereocenters. The van der Waals surface area contributed by atoms with E-state index < -0.39 is 23.3 Å². The molecule has 1 nitrogen and oxygen atoms in total. The smallest absolute Gasteiger partial charge is 0.201 e. The lowest BCUT2D eigenvalue weighted by atomic mass is 9.68. The fourth-order valence-corrected chi connectivity index (χ4v) is 5.81. The second kappa shape index (κ2) is 10.5.